The third kappa shape index (κ3) is 2.59. The van der Waals surface area contributed by atoms with E-state index in [9.17, 15) is 9.90 Å². The molecule has 4 heteroatoms. The van der Waals surface area contributed by atoms with E-state index in [1.54, 1.807) is 6.07 Å². The highest BCUT2D eigenvalue weighted by atomic mass is 16.3. The molecule has 1 aliphatic rings. The smallest absolute Gasteiger partial charge is 0.257 e. The molecule has 2 heterocycles. The Morgan fingerprint density at radius 1 is 1.29 bits per heavy atom. The highest BCUT2D eigenvalue weighted by Crippen LogP contribution is 2.34. The van der Waals surface area contributed by atoms with Crippen LogP contribution in [0.5, 0.6) is 0 Å². The number of likely N-dealkylation sites (tertiary alicyclic amines) is 1. The monoisotopic (exact) mass is 285 g/mol. The van der Waals surface area contributed by atoms with Crippen molar-refractivity contribution < 1.29 is 14.3 Å². The van der Waals surface area contributed by atoms with Gasteiger partial charge in [0, 0.05) is 18.5 Å². The van der Waals surface area contributed by atoms with Gasteiger partial charge in [-0.15, -0.1) is 0 Å². The van der Waals surface area contributed by atoms with Crippen molar-refractivity contribution in [1.29, 1.82) is 0 Å². The van der Waals surface area contributed by atoms with Gasteiger partial charge in [0.15, 0.2) is 0 Å². The molecule has 0 saturated carbocycles. The molecule has 3 rings (SSSR count). The van der Waals surface area contributed by atoms with Gasteiger partial charge in [-0.3, -0.25) is 4.79 Å². The lowest BCUT2D eigenvalue weighted by Crippen LogP contribution is -2.50. The topological polar surface area (TPSA) is 53.7 Å². The van der Waals surface area contributed by atoms with E-state index < -0.39 is 0 Å². The number of hydrogen-bond donors (Lipinski definition) is 1. The van der Waals surface area contributed by atoms with Crippen LogP contribution >= 0.6 is 0 Å². The Bertz CT molecular complexity index is 594. The molecule has 1 aliphatic heterocycles. The molecule has 1 saturated heterocycles. The first-order valence-corrected chi connectivity index (χ1v) is 7.23. The van der Waals surface area contributed by atoms with Crippen LogP contribution in [0.4, 0.5) is 0 Å². The zero-order valence-electron chi connectivity index (χ0n) is 11.9. The van der Waals surface area contributed by atoms with Crippen LogP contribution in [-0.2, 0) is 5.41 Å². The molecule has 4 nitrogen and oxygen atoms in total. The van der Waals surface area contributed by atoms with Gasteiger partial charge in [0.1, 0.15) is 6.26 Å². The Balaban J connectivity index is 1.86. The highest BCUT2D eigenvalue weighted by Gasteiger charge is 2.38. The van der Waals surface area contributed by atoms with Crippen LogP contribution in [0.15, 0.2) is 53.3 Å². The second kappa shape index (κ2) is 5.74. The number of aliphatic hydroxyl groups is 1. The SMILES string of the molecule is O=C(c1ccoc1)N1CCCC(CO)(c2ccccc2)C1. The lowest BCUT2D eigenvalue weighted by molar-refractivity contribution is 0.0542. The second-order valence-electron chi connectivity index (χ2n) is 5.65. The largest absolute Gasteiger partial charge is 0.472 e. The molecule has 0 bridgehead atoms. The van der Waals surface area contributed by atoms with E-state index in [1.165, 1.54) is 12.5 Å². The number of rotatable bonds is 3. The molecule has 0 aliphatic carbocycles. The maximum Gasteiger partial charge on any atom is 0.257 e. The minimum atomic E-state index is -0.362. The zero-order chi connectivity index (χ0) is 14.7. The number of piperidine rings is 1. The minimum Gasteiger partial charge on any atom is -0.472 e. The Morgan fingerprint density at radius 3 is 2.76 bits per heavy atom. The van der Waals surface area contributed by atoms with Gasteiger partial charge in [-0.1, -0.05) is 30.3 Å². The van der Waals surface area contributed by atoms with Gasteiger partial charge < -0.3 is 14.4 Å². The van der Waals surface area contributed by atoms with Gasteiger partial charge in [0.25, 0.3) is 5.91 Å². The summed E-state index contributed by atoms with van der Waals surface area (Å²) in [7, 11) is 0. The van der Waals surface area contributed by atoms with Crippen LogP contribution in [0.1, 0.15) is 28.8 Å². The quantitative estimate of drug-likeness (QED) is 0.942. The molecule has 1 N–H and O–H groups in total. The summed E-state index contributed by atoms with van der Waals surface area (Å²) in [6.07, 6.45) is 4.76. The van der Waals surface area contributed by atoms with Gasteiger partial charge >= 0.3 is 0 Å². The molecule has 1 atom stereocenters. The van der Waals surface area contributed by atoms with Crippen molar-refractivity contribution in [1.82, 2.24) is 4.90 Å². The summed E-state index contributed by atoms with van der Waals surface area (Å²) in [5.41, 5.74) is 1.30. The molecular weight excluding hydrogens is 266 g/mol. The van der Waals surface area contributed by atoms with E-state index in [-0.39, 0.29) is 17.9 Å². The lowest BCUT2D eigenvalue weighted by Gasteiger charge is -2.42. The fraction of sp³-hybridized carbons (Fsp3) is 0.353. The first-order chi connectivity index (χ1) is 10.2. The molecule has 1 fully saturated rings. The number of amides is 1. The first kappa shape index (κ1) is 13.9. The van der Waals surface area contributed by atoms with Crippen molar-refractivity contribution in [3.8, 4) is 0 Å². The molecule has 0 spiro atoms. The van der Waals surface area contributed by atoms with Gasteiger partial charge in [-0.2, -0.15) is 0 Å². The number of hydrogen-bond acceptors (Lipinski definition) is 3. The van der Waals surface area contributed by atoms with Gasteiger partial charge in [-0.05, 0) is 24.5 Å². The molecule has 1 aromatic heterocycles. The fourth-order valence-electron chi connectivity index (χ4n) is 3.12. The van der Waals surface area contributed by atoms with Crippen LogP contribution in [0, 0.1) is 0 Å². The third-order valence-electron chi connectivity index (χ3n) is 4.32. The van der Waals surface area contributed by atoms with E-state index in [0.29, 0.717) is 12.1 Å². The van der Waals surface area contributed by atoms with Gasteiger partial charge in [0.05, 0.1) is 18.4 Å². The van der Waals surface area contributed by atoms with E-state index in [1.807, 2.05) is 35.2 Å². The van der Waals surface area contributed by atoms with E-state index in [0.717, 1.165) is 24.9 Å². The van der Waals surface area contributed by atoms with Gasteiger partial charge in [0.2, 0.25) is 0 Å². The Hall–Kier alpha value is -2.07. The number of benzene rings is 1. The fourth-order valence-corrected chi connectivity index (χ4v) is 3.12. The Labute approximate surface area is 124 Å². The molecule has 21 heavy (non-hydrogen) atoms. The predicted molar refractivity (Wildman–Crippen MR) is 79.1 cm³/mol. The number of furan rings is 1. The third-order valence-corrected chi connectivity index (χ3v) is 4.32. The highest BCUT2D eigenvalue weighted by molar-refractivity contribution is 5.94. The summed E-state index contributed by atoms with van der Waals surface area (Å²) >= 11 is 0. The maximum absolute atomic E-state index is 12.5. The zero-order valence-corrected chi connectivity index (χ0v) is 11.9. The van der Waals surface area contributed by atoms with E-state index >= 15 is 0 Å². The Morgan fingerprint density at radius 2 is 2.10 bits per heavy atom. The summed E-state index contributed by atoms with van der Waals surface area (Å²) in [6, 6.07) is 11.7. The van der Waals surface area contributed by atoms with Crippen LogP contribution in [-0.4, -0.2) is 35.6 Å². The predicted octanol–water partition coefficient (Wildman–Crippen LogP) is 2.45. The number of aliphatic hydroxyl groups excluding tert-OH is 1. The van der Waals surface area contributed by atoms with Crippen LogP contribution in [0.3, 0.4) is 0 Å². The minimum absolute atomic E-state index is 0.0304. The molecule has 1 unspecified atom stereocenters. The average molecular weight is 285 g/mol. The molecule has 2 aromatic rings. The Kier molecular flexibility index (Phi) is 3.80. The van der Waals surface area contributed by atoms with Crippen molar-refractivity contribution in [2.75, 3.05) is 19.7 Å². The van der Waals surface area contributed by atoms with Crippen molar-refractivity contribution >= 4 is 5.91 Å². The second-order valence-corrected chi connectivity index (χ2v) is 5.65. The summed E-state index contributed by atoms with van der Waals surface area (Å²) in [5.74, 6) is -0.0304. The van der Waals surface area contributed by atoms with E-state index in [2.05, 4.69) is 0 Å². The van der Waals surface area contributed by atoms with Crippen LogP contribution < -0.4 is 0 Å². The summed E-state index contributed by atoms with van der Waals surface area (Å²) < 4.78 is 4.99. The molecule has 1 amide bonds. The van der Waals surface area contributed by atoms with Crippen molar-refractivity contribution in [2.45, 2.75) is 18.3 Å². The number of carbonyl (C=O) groups is 1. The average Bonchev–Trinajstić information content (AvgIpc) is 3.09. The van der Waals surface area contributed by atoms with Crippen molar-refractivity contribution in [2.24, 2.45) is 0 Å². The first-order valence-electron chi connectivity index (χ1n) is 7.23. The summed E-state index contributed by atoms with van der Waals surface area (Å²) in [6.45, 7) is 1.31. The molecule has 0 radical (unpaired) electrons. The normalized spacial score (nSPS) is 22.2. The molecule has 110 valence electrons. The molecular formula is C17H19NO3. The number of nitrogens with zero attached hydrogens (tertiary/aromatic N) is 1. The lowest BCUT2D eigenvalue weighted by atomic mass is 9.74. The van der Waals surface area contributed by atoms with Crippen molar-refractivity contribution in [3.05, 3.63) is 60.1 Å². The van der Waals surface area contributed by atoms with Crippen LogP contribution in [0.25, 0.3) is 0 Å². The standard InChI is InChI=1S/C17H19NO3/c19-13-17(15-5-2-1-3-6-15)8-4-9-18(12-17)16(20)14-7-10-21-11-14/h1-3,5-7,10-11,19H,4,8-9,12-13H2. The van der Waals surface area contributed by atoms with E-state index in [4.69, 9.17) is 4.42 Å². The van der Waals surface area contributed by atoms with Crippen molar-refractivity contribution in [3.63, 3.8) is 0 Å². The maximum atomic E-state index is 12.5. The number of carbonyl (C=O) groups excluding carboxylic acids is 1. The summed E-state index contributed by atoms with van der Waals surface area (Å²) in [5, 5.41) is 9.97. The van der Waals surface area contributed by atoms with Gasteiger partial charge in [-0.25, -0.2) is 0 Å². The molecule has 1 aromatic carbocycles. The van der Waals surface area contributed by atoms with Crippen LogP contribution in [0.2, 0.25) is 0 Å². The summed E-state index contributed by atoms with van der Waals surface area (Å²) in [4.78, 5) is 14.3.